The van der Waals surface area contributed by atoms with Crippen LogP contribution < -0.4 is 16.0 Å². The van der Waals surface area contributed by atoms with Gasteiger partial charge in [-0.3, -0.25) is 0 Å². The molecule has 4 atom stereocenters. The number of methoxy groups -OCH3 is 1. The van der Waals surface area contributed by atoms with E-state index in [1.165, 1.54) is 32.1 Å². The molecule has 1 aromatic rings. The van der Waals surface area contributed by atoms with Crippen molar-refractivity contribution in [3.05, 3.63) is 35.4 Å². The molecule has 0 radical (unpaired) electrons. The molecule has 3 fully saturated rings. The van der Waals surface area contributed by atoms with E-state index in [1.807, 2.05) is 7.05 Å². The molecular formula is C28H42F2N4O5. The van der Waals surface area contributed by atoms with E-state index in [4.69, 9.17) is 9.47 Å². The van der Waals surface area contributed by atoms with Gasteiger partial charge in [0.05, 0.1) is 32.0 Å². The van der Waals surface area contributed by atoms with Crippen LogP contribution in [0.1, 0.15) is 56.6 Å². The van der Waals surface area contributed by atoms with Crippen LogP contribution >= 0.6 is 0 Å². The maximum Gasteiger partial charge on any atom is 0.406 e. The number of likely N-dealkylation sites (tertiary alicyclic amines) is 1. The van der Waals surface area contributed by atoms with E-state index in [-0.39, 0.29) is 36.7 Å². The van der Waals surface area contributed by atoms with Crippen LogP contribution in [0.3, 0.4) is 0 Å². The third kappa shape index (κ3) is 8.49. The number of amides is 3. The van der Waals surface area contributed by atoms with E-state index in [2.05, 4.69) is 20.7 Å². The van der Waals surface area contributed by atoms with Gasteiger partial charge in [0.1, 0.15) is 11.6 Å². The van der Waals surface area contributed by atoms with Crippen molar-refractivity contribution in [2.75, 3.05) is 53.6 Å². The number of likely N-dealkylation sites (N-methyl/N-ethyl adjacent to an activating group) is 1. The van der Waals surface area contributed by atoms with Crippen molar-refractivity contribution in [2.45, 2.75) is 62.7 Å². The van der Waals surface area contributed by atoms with Gasteiger partial charge < -0.3 is 35.1 Å². The summed E-state index contributed by atoms with van der Waals surface area (Å²) < 4.78 is 44.9. The van der Waals surface area contributed by atoms with E-state index in [9.17, 15) is 18.4 Å². The van der Waals surface area contributed by atoms with Crippen molar-refractivity contribution < 1.29 is 32.6 Å². The molecule has 0 aromatic heterocycles. The smallest absolute Gasteiger partial charge is 0.406 e. The van der Waals surface area contributed by atoms with Gasteiger partial charge in [-0.25, -0.2) is 18.4 Å². The summed E-state index contributed by atoms with van der Waals surface area (Å²) in [6, 6.07) is 3.18. The summed E-state index contributed by atoms with van der Waals surface area (Å²) >= 11 is 0. The van der Waals surface area contributed by atoms with E-state index in [1.54, 1.807) is 4.90 Å². The first-order valence-electron chi connectivity index (χ1n) is 14.0. The van der Waals surface area contributed by atoms with Crippen LogP contribution in [0.5, 0.6) is 0 Å². The molecule has 2 saturated heterocycles. The minimum atomic E-state index is -0.689. The number of carbonyl (C=O) groups is 2. The lowest BCUT2D eigenvalue weighted by Crippen LogP contribution is -2.52. The molecule has 1 spiro atoms. The van der Waals surface area contributed by atoms with E-state index < -0.39 is 23.8 Å². The molecule has 218 valence electrons. The topological polar surface area (TPSA) is 101 Å². The zero-order chi connectivity index (χ0) is 27.8. The SMILES string of the molecule is CNCC(CC1CCC2(CC2)OC1)NC(=O)N1CCCC(C(OCCNC(=O)OC)c2cc(F)cc(F)c2)C1. The summed E-state index contributed by atoms with van der Waals surface area (Å²) in [5.74, 6) is -1.13. The third-order valence-corrected chi connectivity index (χ3v) is 8.08. The highest BCUT2D eigenvalue weighted by atomic mass is 19.1. The standard InChI is InChI=1S/C28H42F2N4O5/c1-31-16-24(12-19-5-6-28(7-8-28)39-18-19)33-26(35)34-10-3-4-20(17-34)25(38-11-9-32-27(36)37-2)21-13-22(29)15-23(30)14-21/h13-15,19-20,24-25,31H,3-12,16-18H2,1-2H3,(H,32,36)(H,33,35). The van der Waals surface area contributed by atoms with Crippen molar-refractivity contribution in [1.82, 2.24) is 20.9 Å². The minimum Gasteiger partial charge on any atom is -0.453 e. The number of nitrogens with one attached hydrogen (secondary N) is 3. The van der Waals surface area contributed by atoms with Gasteiger partial charge in [0.15, 0.2) is 0 Å². The first kappa shape index (κ1) is 29.5. The first-order chi connectivity index (χ1) is 18.8. The van der Waals surface area contributed by atoms with Gasteiger partial charge in [0.2, 0.25) is 0 Å². The van der Waals surface area contributed by atoms with Gasteiger partial charge in [-0.05, 0) is 75.6 Å². The molecule has 2 heterocycles. The summed E-state index contributed by atoms with van der Waals surface area (Å²) in [7, 11) is 3.14. The molecule has 39 heavy (non-hydrogen) atoms. The van der Waals surface area contributed by atoms with Gasteiger partial charge in [-0.2, -0.15) is 0 Å². The molecule has 3 aliphatic rings. The highest BCUT2D eigenvalue weighted by Crippen LogP contribution is 2.47. The normalized spacial score (nSPS) is 23.6. The second kappa shape index (κ2) is 13.7. The van der Waals surface area contributed by atoms with Gasteiger partial charge in [-0.1, -0.05) is 0 Å². The number of piperidine rings is 1. The number of hydrogen-bond donors (Lipinski definition) is 3. The second-order valence-corrected chi connectivity index (χ2v) is 11.1. The Bertz CT molecular complexity index is 949. The Balaban J connectivity index is 1.37. The van der Waals surface area contributed by atoms with Crippen molar-refractivity contribution in [3.8, 4) is 0 Å². The Hall–Kier alpha value is -2.50. The predicted molar refractivity (Wildman–Crippen MR) is 141 cm³/mol. The highest BCUT2D eigenvalue weighted by molar-refractivity contribution is 5.74. The van der Waals surface area contributed by atoms with Crippen LogP contribution in [0.4, 0.5) is 18.4 Å². The fraction of sp³-hybridized carbons (Fsp3) is 0.714. The maximum absolute atomic E-state index is 14.1. The Morgan fingerprint density at radius 3 is 2.59 bits per heavy atom. The quantitative estimate of drug-likeness (QED) is 0.362. The number of rotatable bonds is 11. The molecule has 2 aliphatic heterocycles. The van der Waals surface area contributed by atoms with Crippen molar-refractivity contribution >= 4 is 12.1 Å². The number of nitrogens with zero attached hydrogens (tertiary/aromatic N) is 1. The summed E-state index contributed by atoms with van der Waals surface area (Å²) in [6.07, 6.45) is 5.65. The van der Waals surface area contributed by atoms with Gasteiger partial charge in [0, 0.05) is 44.2 Å². The van der Waals surface area contributed by atoms with Crippen molar-refractivity contribution in [2.24, 2.45) is 11.8 Å². The Morgan fingerprint density at radius 2 is 1.95 bits per heavy atom. The molecule has 3 amide bonds. The van der Waals surface area contributed by atoms with Crippen LogP contribution in [-0.2, 0) is 14.2 Å². The van der Waals surface area contributed by atoms with Gasteiger partial charge in [0.25, 0.3) is 0 Å². The average Bonchev–Trinajstić information content (AvgIpc) is 3.68. The molecule has 0 bridgehead atoms. The number of ether oxygens (including phenoxy) is 3. The minimum absolute atomic E-state index is 0.0292. The van der Waals surface area contributed by atoms with Gasteiger partial charge in [-0.15, -0.1) is 0 Å². The zero-order valence-corrected chi connectivity index (χ0v) is 23.0. The third-order valence-electron chi connectivity index (χ3n) is 8.08. The first-order valence-corrected chi connectivity index (χ1v) is 14.0. The van der Waals surface area contributed by atoms with Crippen LogP contribution in [0.25, 0.3) is 0 Å². The monoisotopic (exact) mass is 552 g/mol. The molecule has 11 heteroatoms. The lowest BCUT2D eigenvalue weighted by atomic mass is 9.88. The van der Waals surface area contributed by atoms with E-state index in [0.717, 1.165) is 44.8 Å². The van der Waals surface area contributed by atoms with Gasteiger partial charge >= 0.3 is 12.1 Å². The number of alkyl carbamates (subject to hydrolysis) is 1. The molecule has 4 unspecified atom stereocenters. The molecule has 1 aliphatic carbocycles. The molecule has 9 nitrogen and oxygen atoms in total. The largest absolute Gasteiger partial charge is 0.453 e. The summed E-state index contributed by atoms with van der Waals surface area (Å²) in [5, 5.41) is 8.94. The molecule has 1 saturated carbocycles. The summed E-state index contributed by atoms with van der Waals surface area (Å²) in [4.78, 5) is 26.5. The number of halogens is 2. The summed E-state index contributed by atoms with van der Waals surface area (Å²) in [6.45, 7) is 2.69. The van der Waals surface area contributed by atoms with Crippen molar-refractivity contribution in [3.63, 3.8) is 0 Å². The molecule has 3 N–H and O–H groups in total. The van der Waals surface area contributed by atoms with Crippen LogP contribution in [-0.4, -0.2) is 82.2 Å². The summed E-state index contributed by atoms with van der Waals surface area (Å²) in [5.41, 5.74) is 0.524. The Kier molecular flexibility index (Phi) is 10.4. The number of benzene rings is 1. The number of hydrogen-bond acceptors (Lipinski definition) is 6. The van der Waals surface area contributed by atoms with Crippen LogP contribution in [0.15, 0.2) is 18.2 Å². The predicted octanol–water partition coefficient (Wildman–Crippen LogP) is 3.74. The fourth-order valence-corrected chi connectivity index (χ4v) is 5.84. The van der Waals surface area contributed by atoms with E-state index >= 15 is 0 Å². The lowest BCUT2D eigenvalue weighted by molar-refractivity contribution is -0.0380. The molecular weight excluding hydrogens is 510 g/mol. The van der Waals surface area contributed by atoms with Crippen LogP contribution in [0, 0.1) is 23.5 Å². The second-order valence-electron chi connectivity index (χ2n) is 11.1. The molecule has 4 rings (SSSR count). The zero-order valence-electron chi connectivity index (χ0n) is 23.0. The number of carbonyl (C=O) groups excluding carboxylic acids is 2. The Morgan fingerprint density at radius 1 is 1.18 bits per heavy atom. The average molecular weight is 553 g/mol. The Labute approximate surface area is 229 Å². The van der Waals surface area contributed by atoms with Crippen LogP contribution in [0.2, 0.25) is 0 Å². The van der Waals surface area contributed by atoms with E-state index in [0.29, 0.717) is 31.1 Å². The lowest BCUT2D eigenvalue weighted by Gasteiger charge is -2.38. The maximum atomic E-state index is 14.1. The molecule has 1 aromatic carbocycles. The highest BCUT2D eigenvalue weighted by Gasteiger charge is 2.46. The van der Waals surface area contributed by atoms with Crippen molar-refractivity contribution in [1.29, 1.82) is 0 Å². The fourth-order valence-electron chi connectivity index (χ4n) is 5.84. The number of urea groups is 1.